The Kier molecular flexibility index (Phi) is 5.57. The van der Waals surface area contributed by atoms with E-state index in [1.165, 1.54) is 0 Å². The second-order valence-corrected chi connectivity index (χ2v) is 7.45. The number of benzene rings is 1. The van der Waals surface area contributed by atoms with Gasteiger partial charge in [-0.05, 0) is 44.3 Å². The lowest BCUT2D eigenvalue weighted by molar-refractivity contribution is 0.263. The predicted molar refractivity (Wildman–Crippen MR) is 81.9 cm³/mol. The first-order chi connectivity index (χ1) is 9.62. The van der Waals surface area contributed by atoms with E-state index >= 15 is 0 Å². The van der Waals surface area contributed by atoms with Crippen LogP contribution in [0.25, 0.3) is 0 Å². The number of rotatable bonds is 6. The Bertz CT molecular complexity index is 494. The van der Waals surface area contributed by atoms with Crippen LogP contribution in [0.4, 0.5) is 0 Å². The topological polar surface area (TPSA) is 49.4 Å². The van der Waals surface area contributed by atoms with Gasteiger partial charge in [0.15, 0.2) is 0 Å². The summed E-state index contributed by atoms with van der Waals surface area (Å²) in [4.78, 5) is 0. The summed E-state index contributed by atoms with van der Waals surface area (Å²) in [5.74, 6) is 0.778. The SMILES string of the molecule is CNCCC1CCN(S(=O)(=O)Cc2ccccc2)CC1. The molecule has 4 nitrogen and oxygen atoms in total. The van der Waals surface area contributed by atoms with Crippen LogP contribution in [0.1, 0.15) is 24.8 Å². The molecule has 0 amide bonds. The zero-order valence-electron chi connectivity index (χ0n) is 12.1. The first-order valence-electron chi connectivity index (χ1n) is 7.28. The number of hydrogen-bond acceptors (Lipinski definition) is 3. The smallest absolute Gasteiger partial charge is 0.218 e. The van der Waals surface area contributed by atoms with Crippen molar-refractivity contribution < 1.29 is 8.42 Å². The van der Waals surface area contributed by atoms with E-state index in [2.05, 4.69) is 5.32 Å². The Morgan fingerprint density at radius 3 is 2.45 bits per heavy atom. The van der Waals surface area contributed by atoms with Crippen molar-refractivity contribution >= 4 is 10.0 Å². The van der Waals surface area contributed by atoms with Crippen molar-refractivity contribution in [1.29, 1.82) is 0 Å². The third-order valence-electron chi connectivity index (χ3n) is 3.96. The Labute approximate surface area is 122 Å². The molecule has 0 bridgehead atoms. The Morgan fingerprint density at radius 2 is 1.85 bits per heavy atom. The number of sulfonamides is 1. The van der Waals surface area contributed by atoms with Crippen molar-refractivity contribution in [1.82, 2.24) is 9.62 Å². The summed E-state index contributed by atoms with van der Waals surface area (Å²) in [7, 11) is -1.20. The van der Waals surface area contributed by atoms with E-state index in [9.17, 15) is 8.42 Å². The zero-order chi connectivity index (χ0) is 14.4. The molecule has 2 rings (SSSR count). The van der Waals surface area contributed by atoms with E-state index in [4.69, 9.17) is 0 Å². The first-order valence-corrected chi connectivity index (χ1v) is 8.89. The summed E-state index contributed by atoms with van der Waals surface area (Å²) in [6, 6.07) is 9.42. The number of nitrogens with one attached hydrogen (secondary N) is 1. The maximum absolute atomic E-state index is 12.4. The Morgan fingerprint density at radius 1 is 1.20 bits per heavy atom. The van der Waals surface area contributed by atoms with Gasteiger partial charge in [0, 0.05) is 13.1 Å². The molecule has 0 saturated carbocycles. The molecule has 1 aromatic carbocycles. The van der Waals surface area contributed by atoms with E-state index in [0.29, 0.717) is 19.0 Å². The van der Waals surface area contributed by atoms with Crippen LogP contribution in [0.15, 0.2) is 30.3 Å². The van der Waals surface area contributed by atoms with Gasteiger partial charge in [0.25, 0.3) is 0 Å². The molecule has 1 aliphatic rings. The van der Waals surface area contributed by atoms with Crippen molar-refractivity contribution in [3.05, 3.63) is 35.9 Å². The van der Waals surface area contributed by atoms with Gasteiger partial charge in [0.05, 0.1) is 5.75 Å². The summed E-state index contributed by atoms with van der Waals surface area (Å²) >= 11 is 0. The molecular weight excluding hydrogens is 272 g/mol. The monoisotopic (exact) mass is 296 g/mol. The van der Waals surface area contributed by atoms with Crippen molar-refractivity contribution in [2.75, 3.05) is 26.7 Å². The summed E-state index contributed by atoms with van der Waals surface area (Å²) in [6.45, 7) is 2.36. The third-order valence-corrected chi connectivity index (χ3v) is 5.81. The fourth-order valence-electron chi connectivity index (χ4n) is 2.70. The molecule has 5 heteroatoms. The summed E-state index contributed by atoms with van der Waals surface area (Å²) in [5.41, 5.74) is 0.866. The molecule has 112 valence electrons. The molecule has 1 N–H and O–H groups in total. The molecule has 1 saturated heterocycles. The Balaban J connectivity index is 1.89. The summed E-state index contributed by atoms with van der Waals surface area (Å²) < 4.78 is 26.4. The maximum atomic E-state index is 12.4. The van der Waals surface area contributed by atoms with Gasteiger partial charge in [-0.2, -0.15) is 0 Å². The van der Waals surface area contributed by atoms with Gasteiger partial charge in [-0.15, -0.1) is 0 Å². The van der Waals surface area contributed by atoms with Crippen molar-refractivity contribution in [3.63, 3.8) is 0 Å². The lowest BCUT2D eigenvalue weighted by atomic mass is 9.95. The average molecular weight is 296 g/mol. The molecule has 1 heterocycles. The minimum Gasteiger partial charge on any atom is -0.320 e. The highest BCUT2D eigenvalue weighted by Gasteiger charge is 2.27. The van der Waals surface area contributed by atoms with Crippen LogP contribution in [0.2, 0.25) is 0 Å². The fraction of sp³-hybridized carbons (Fsp3) is 0.600. The zero-order valence-corrected chi connectivity index (χ0v) is 12.9. The molecule has 0 radical (unpaired) electrons. The van der Waals surface area contributed by atoms with Crippen LogP contribution in [-0.2, 0) is 15.8 Å². The molecule has 0 spiro atoms. The van der Waals surface area contributed by atoms with Crippen LogP contribution in [-0.4, -0.2) is 39.4 Å². The molecule has 0 atom stereocenters. The van der Waals surface area contributed by atoms with Crippen LogP contribution in [0.3, 0.4) is 0 Å². The van der Waals surface area contributed by atoms with E-state index in [1.807, 2.05) is 37.4 Å². The quantitative estimate of drug-likeness (QED) is 0.871. The first kappa shape index (κ1) is 15.5. The van der Waals surface area contributed by atoms with Crippen molar-refractivity contribution in [2.24, 2.45) is 5.92 Å². The molecule has 0 aliphatic carbocycles. The highest BCUT2D eigenvalue weighted by atomic mass is 32.2. The molecule has 1 aromatic rings. The molecule has 20 heavy (non-hydrogen) atoms. The van der Waals surface area contributed by atoms with Gasteiger partial charge in [0.2, 0.25) is 10.0 Å². The average Bonchev–Trinajstić information content (AvgIpc) is 2.46. The van der Waals surface area contributed by atoms with E-state index in [1.54, 1.807) is 4.31 Å². The molecular formula is C15H24N2O2S. The minimum atomic E-state index is -3.16. The van der Waals surface area contributed by atoms with Crippen molar-refractivity contribution in [3.8, 4) is 0 Å². The van der Waals surface area contributed by atoms with Gasteiger partial charge in [-0.1, -0.05) is 30.3 Å². The maximum Gasteiger partial charge on any atom is 0.218 e. The standard InChI is InChI=1S/C15H24N2O2S/c1-16-10-7-14-8-11-17(12-9-14)20(18,19)13-15-5-3-2-4-6-15/h2-6,14,16H,7-13H2,1H3. The third kappa shape index (κ3) is 4.30. The molecule has 1 aliphatic heterocycles. The van der Waals surface area contributed by atoms with Gasteiger partial charge in [0.1, 0.15) is 0 Å². The van der Waals surface area contributed by atoms with Crippen molar-refractivity contribution in [2.45, 2.75) is 25.0 Å². The molecule has 0 aromatic heterocycles. The van der Waals surface area contributed by atoms with Crippen LogP contribution in [0.5, 0.6) is 0 Å². The van der Waals surface area contributed by atoms with Gasteiger partial charge < -0.3 is 5.32 Å². The fourth-order valence-corrected chi connectivity index (χ4v) is 4.26. The van der Waals surface area contributed by atoms with Gasteiger partial charge >= 0.3 is 0 Å². The minimum absolute atomic E-state index is 0.120. The predicted octanol–water partition coefficient (Wildman–Crippen LogP) is 1.84. The molecule has 1 fully saturated rings. The van der Waals surface area contributed by atoms with Gasteiger partial charge in [-0.3, -0.25) is 0 Å². The van der Waals surface area contributed by atoms with E-state index in [0.717, 1.165) is 31.4 Å². The van der Waals surface area contributed by atoms with Crippen LogP contribution < -0.4 is 5.32 Å². The Hall–Kier alpha value is -0.910. The van der Waals surface area contributed by atoms with Crippen LogP contribution in [0, 0.1) is 5.92 Å². The normalized spacial score (nSPS) is 18.2. The number of hydrogen-bond donors (Lipinski definition) is 1. The summed E-state index contributed by atoms with van der Waals surface area (Å²) in [6.07, 6.45) is 3.11. The van der Waals surface area contributed by atoms with Crippen LogP contribution >= 0.6 is 0 Å². The lowest BCUT2D eigenvalue weighted by Gasteiger charge is -2.31. The van der Waals surface area contributed by atoms with E-state index in [-0.39, 0.29) is 5.75 Å². The largest absolute Gasteiger partial charge is 0.320 e. The highest BCUT2D eigenvalue weighted by Crippen LogP contribution is 2.23. The van der Waals surface area contributed by atoms with Gasteiger partial charge in [-0.25, -0.2) is 12.7 Å². The highest BCUT2D eigenvalue weighted by molar-refractivity contribution is 7.88. The summed E-state index contributed by atoms with van der Waals surface area (Å²) in [5, 5.41) is 3.16. The lowest BCUT2D eigenvalue weighted by Crippen LogP contribution is -2.39. The van der Waals surface area contributed by atoms with E-state index < -0.39 is 10.0 Å². The number of nitrogens with zero attached hydrogens (tertiary/aromatic N) is 1. The second-order valence-electron chi connectivity index (χ2n) is 5.48. The molecule has 0 unspecified atom stereocenters. The number of piperidine rings is 1. The second kappa shape index (κ2) is 7.20.